The summed E-state index contributed by atoms with van der Waals surface area (Å²) in [6, 6.07) is 6.41. The highest BCUT2D eigenvalue weighted by molar-refractivity contribution is 5.38. The van der Waals surface area contributed by atoms with Crippen molar-refractivity contribution in [3.8, 4) is 5.75 Å². The second-order valence-electron chi connectivity index (χ2n) is 6.34. The van der Waals surface area contributed by atoms with Gasteiger partial charge in [-0.1, -0.05) is 25.1 Å². The fourth-order valence-corrected chi connectivity index (χ4v) is 2.99. The van der Waals surface area contributed by atoms with Crippen LogP contribution in [0, 0.1) is 0 Å². The molecule has 4 nitrogen and oxygen atoms in total. The first-order valence-corrected chi connectivity index (χ1v) is 8.44. The summed E-state index contributed by atoms with van der Waals surface area (Å²) in [7, 11) is 0. The third-order valence-electron chi connectivity index (χ3n) is 4.13. The molecular weight excluding hydrogens is 290 g/mol. The minimum atomic E-state index is -0.397. The molecule has 1 heterocycles. The van der Waals surface area contributed by atoms with Gasteiger partial charge >= 0.3 is 0 Å². The van der Waals surface area contributed by atoms with E-state index in [-0.39, 0.29) is 12.1 Å². The molecule has 128 valence electrons. The van der Waals surface area contributed by atoms with Crippen molar-refractivity contribution in [3.63, 3.8) is 0 Å². The van der Waals surface area contributed by atoms with E-state index >= 15 is 0 Å². The van der Waals surface area contributed by atoms with Gasteiger partial charge in [0, 0.05) is 6.54 Å². The van der Waals surface area contributed by atoms with E-state index in [1.54, 1.807) is 0 Å². The van der Waals surface area contributed by atoms with Crippen LogP contribution in [0.2, 0.25) is 0 Å². The van der Waals surface area contributed by atoms with Crippen molar-refractivity contribution in [3.05, 3.63) is 42.0 Å². The molecule has 0 spiro atoms. The van der Waals surface area contributed by atoms with Gasteiger partial charge in [0.2, 0.25) is 0 Å². The molecule has 2 rings (SSSR count). The zero-order chi connectivity index (χ0) is 16.8. The molecule has 0 bridgehead atoms. The molecule has 1 fully saturated rings. The highest BCUT2D eigenvalue weighted by Gasteiger charge is 2.30. The molecule has 1 N–H and O–H groups in total. The van der Waals surface area contributed by atoms with Crippen LogP contribution in [-0.4, -0.2) is 48.0 Å². The zero-order valence-electron chi connectivity index (χ0n) is 14.5. The molecule has 0 amide bonds. The van der Waals surface area contributed by atoms with Crippen molar-refractivity contribution in [2.45, 2.75) is 52.0 Å². The lowest BCUT2D eigenvalue weighted by Gasteiger charge is -2.29. The van der Waals surface area contributed by atoms with Crippen LogP contribution in [0.4, 0.5) is 0 Å². The molecule has 0 aromatic heterocycles. The lowest BCUT2D eigenvalue weighted by atomic mass is 10.0. The van der Waals surface area contributed by atoms with E-state index in [9.17, 15) is 5.11 Å². The molecule has 4 heteroatoms. The quantitative estimate of drug-likeness (QED) is 0.748. The van der Waals surface area contributed by atoms with Gasteiger partial charge in [0.25, 0.3) is 0 Å². The second kappa shape index (κ2) is 8.48. The number of rotatable bonds is 8. The fourth-order valence-electron chi connectivity index (χ4n) is 2.99. The monoisotopic (exact) mass is 319 g/mol. The number of likely N-dealkylation sites (N-methyl/N-ethyl adjacent to an activating group) is 1. The predicted molar refractivity (Wildman–Crippen MR) is 92.8 cm³/mol. The van der Waals surface area contributed by atoms with Crippen molar-refractivity contribution in [2.24, 2.45) is 0 Å². The maximum Gasteiger partial charge on any atom is 0.123 e. The van der Waals surface area contributed by atoms with Crippen LogP contribution in [0.5, 0.6) is 5.75 Å². The summed E-state index contributed by atoms with van der Waals surface area (Å²) in [5, 5.41) is 10.1. The third kappa shape index (κ3) is 4.80. The Morgan fingerprint density at radius 1 is 1.43 bits per heavy atom. The smallest absolute Gasteiger partial charge is 0.123 e. The van der Waals surface area contributed by atoms with Gasteiger partial charge in [0.05, 0.1) is 31.5 Å². The Hall–Kier alpha value is -1.36. The molecule has 1 saturated heterocycles. The van der Waals surface area contributed by atoms with Gasteiger partial charge in [-0.3, -0.25) is 4.90 Å². The molecule has 1 aliphatic heterocycles. The number of nitrogens with zero attached hydrogens (tertiary/aromatic N) is 1. The molecule has 0 unspecified atom stereocenters. The van der Waals surface area contributed by atoms with E-state index in [0.717, 1.165) is 30.8 Å². The number of aliphatic hydroxyl groups excluding tert-OH is 1. The van der Waals surface area contributed by atoms with E-state index < -0.39 is 6.10 Å². The number of aliphatic hydroxyl groups is 1. The predicted octanol–water partition coefficient (Wildman–Crippen LogP) is 2.78. The Morgan fingerprint density at radius 2 is 2.22 bits per heavy atom. The molecular formula is C19H29NO3. The summed E-state index contributed by atoms with van der Waals surface area (Å²) >= 11 is 0. The Bertz CT molecular complexity index is 515. The first-order valence-electron chi connectivity index (χ1n) is 8.44. The summed E-state index contributed by atoms with van der Waals surface area (Å²) in [5.74, 6) is 0.927. The largest absolute Gasteiger partial charge is 0.491 e. The van der Waals surface area contributed by atoms with Crippen molar-refractivity contribution in [2.75, 3.05) is 19.8 Å². The van der Waals surface area contributed by atoms with Gasteiger partial charge in [-0.25, -0.2) is 0 Å². The molecule has 23 heavy (non-hydrogen) atoms. The average Bonchev–Trinajstić information content (AvgIpc) is 2.93. The van der Waals surface area contributed by atoms with Gasteiger partial charge in [0.15, 0.2) is 0 Å². The highest BCUT2D eigenvalue weighted by Crippen LogP contribution is 2.24. The molecule has 1 aromatic rings. The number of benzene rings is 1. The van der Waals surface area contributed by atoms with Gasteiger partial charge in [0.1, 0.15) is 5.75 Å². The molecule has 0 radical (unpaired) electrons. The van der Waals surface area contributed by atoms with Gasteiger partial charge in [-0.05, 0) is 44.0 Å². The van der Waals surface area contributed by atoms with Crippen LogP contribution >= 0.6 is 0 Å². The maximum absolute atomic E-state index is 10.1. The molecule has 0 saturated carbocycles. The lowest BCUT2D eigenvalue weighted by molar-refractivity contribution is 0.0808. The summed E-state index contributed by atoms with van der Waals surface area (Å²) < 4.78 is 11.3. The summed E-state index contributed by atoms with van der Waals surface area (Å²) in [6.45, 7) is 12.7. The van der Waals surface area contributed by atoms with Crippen LogP contribution in [0.25, 0.3) is 0 Å². The molecule has 1 aliphatic rings. The Morgan fingerprint density at radius 3 is 2.78 bits per heavy atom. The Balaban J connectivity index is 2.14. The number of ether oxygens (including phenoxy) is 2. The summed E-state index contributed by atoms with van der Waals surface area (Å²) in [4.78, 5) is 2.27. The van der Waals surface area contributed by atoms with Crippen molar-refractivity contribution >= 4 is 0 Å². The van der Waals surface area contributed by atoms with Crippen LogP contribution in [0.15, 0.2) is 30.9 Å². The minimum Gasteiger partial charge on any atom is -0.491 e. The Labute approximate surface area is 139 Å². The molecule has 2 atom stereocenters. The standard InChI is InChI=1S/C19H29NO3/c1-5-7-16-10-15(8-9-19(16)23-14(3)4)11-20(6-2)17-12-22-13-18(17)21/h5,8-10,14,17-18,21H,1,6-7,11-13H2,2-4H3/t17-,18-/m0/s1. The average molecular weight is 319 g/mol. The van der Waals surface area contributed by atoms with E-state index in [2.05, 4.69) is 30.5 Å². The van der Waals surface area contributed by atoms with E-state index in [1.807, 2.05) is 26.0 Å². The lowest BCUT2D eigenvalue weighted by Crippen LogP contribution is -2.42. The summed E-state index contributed by atoms with van der Waals surface area (Å²) in [6.07, 6.45) is 2.45. The first kappa shape index (κ1) is 18.0. The van der Waals surface area contributed by atoms with Crippen molar-refractivity contribution in [1.82, 2.24) is 4.90 Å². The zero-order valence-corrected chi connectivity index (χ0v) is 14.5. The number of hydrogen-bond donors (Lipinski definition) is 1. The first-order chi connectivity index (χ1) is 11.0. The fraction of sp³-hybridized carbons (Fsp3) is 0.579. The molecule has 1 aromatic carbocycles. The maximum atomic E-state index is 10.1. The normalized spacial score (nSPS) is 21.1. The second-order valence-corrected chi connectivity index (χ2v) is 6.34. The summed E-state index contributed by atoms with van der Waals surface area (Å²) in [5.41, 5.74) is 2.38. The van der Waals surface area contributed by atoms with Crippen molar-refractivity contribution in [1.29, 1.82) is 0 Å². The number of hydrogen-bond acceptors (Lipinski definition) is 4. The minimum absolute atomic E-state index is 0.0782. The number of allylic oxidation sites excluding steroid dienone is 1. The van der Waals surface area contributed by atoms with Crippen LogP contribution < -0.4 is 4.74 Å². The SMILES string of the molecule is C=CCc1cc(CN(CC)[C@H]2COC[C@@H]2O)ccc1OC(C)C. The van der Waals surface area contributed by atoms with Crippen LogP contribution in [0.3, 0.4) is 0 Å². The highest BCUT2D eigenvalue weighted by atomic mass is 16.5. The van der Waals surface area contributed by atoms with Crippen LogP contribution in [0.1, 0.15) is 31.9 Å². The van der Waals surface area contributed by atoms with E-state index in [0.29, 0.717) is 13.2 Å². The third-order valence-corrected chi connectivity index (χ3v) is 4.13. The Kier molecular flexibility index (Phi) is 6.63. The van der Waals surface area contributed by atoms with Crippen LogP contribution in [-0.2, 0) is 17.7 Å². The van der Waals surface area contributed by atoms with Gasteiger partial charge in [-0.2, -0.15) is 0 Å². The van der Waals surface area contributed by atoms with Crippen molar-refractivity contribution < 1.29 is 14.6 Å². The molecule has 0 aliphatic carbocycles. The van der Waals surface area contributed by atoms with E-state index in [4.69, 9.17) is 9.47 Å². The van der Waals surface area contributed by atoms with Gasteiger partial charge in [-0.15, -0.1) is 6.58 Å². The topological polar surface area (TPSA) is 41.9 Å². The van der Waals surface area contributed by atoms with Gasteiger partial charge < -0.3 is 14.6 Å². The van der Waals surface area contributed by atoms with E-state index in [1.165, 1.54) is 5.56 Å².